The van der Waals surface area contributed by atoms with Crippen molar-refractivity contribution >= 4 is 15.9 Å². The summed E-state index contributed by atoms with van der Waals surface area (Å²) in [7, 11) is -1.94. The normalized spacial score (nSPS) is 14.6. The highest BCUT2D eigenvalue weighted by Crippen LogP contribution is 2.27. The van der Waals surface area contributed by atoms with Crippen LogP contribution in [0.15, 0.2) is 53.4 Å². The Morgan fingerprint density at radius 2 is 1.80 bits per heavy atom. The van der Waals surface area contributed by atoms with Crippen LogP contribution >= 0.6 is 0 Å². The average Bonchev–Trinajstić information content (AvgIpc) is 3.32. The minimum atomic E-state index is -3.49. The van der Waals surface area contributed by atoms with Crippen LogP contribution in [0.5, 0.6) is 5.75 Å². The van der Waals surface area contributed by atoms with Gasteiger partial charge in [-0.15, -0.1) is 0 Å². The summed E-state index contributed by atoms with van der Waals surface area (Å²) in [5.74, 6) is 0.560. The van der Waals surface area contributed by atoms with E-state index in [2.05, 4.69) is 17.4 Å². The Morgan fingerprint density at radius 3 is 2.50 bits per heavy atom. The molecule has 1 aliphatic heterocycles. The van der Waals surface area contributed by atoms with Crippen molar-refractivity contribution in [1.82, 2.24) is 9.62 Å². The predicted molar refractivity (Wildman–Crippen MR) is 117 cm³/mol. The lowest BCUT2D eigenvalue weighted by Gasteiger charge is -2.17. The molecular formula is C23H30N2O4S. The molecule has 7 heteroatoms. The molecule has 6 nitrogen and oxygen atoms in total. The Morgan fingerprint density at radius 1 is 1.07 bits per heavy atom. The van der Waals surface area contributed by atoms with Crippen molar-refractivity contribution in [3.63, 3.8) is 0 Å². The van der Waals surface area contributed by atoms with Gasteiger partial charge in [0.2, 0.25) is 15.9 Å². The van der Waals surface area contributed by atoms with E-state index in [1.165, 1.54) is 9.87 Å². The predicted octanol–water partition coefficient (Wildman–Crippen LogP) is 3.16. The topological polar surface area (TPSA) is 75.7 Å². The van der Waals surface area contributed by atoms with Gasteiger partial charge in [0.05, 0.1) is 12.0 Å². The van der Waals surface area contributed by atoms with Crippen LogP contribution in [-0.4, -0.2) is 45.4 Å². The molecule has 0 aliphatic carbocycles. The first kappa shape index (κ1) is 22.3. The highest BCUT2D eigenvalue weighted by molar-refractivity contribution is 7.89. The molecule has 1 fully saturated rings. The molecular weight excluding hydrogens is 400 g/mol. The van der Waals surface area contributed by atoms with Crippen LogP contribution in [0.3, 0.4) is 0 Å². The van der Waals surface area contributed by atoms with Gasteiger partial charge in [0.15, 0.2) is 0 Å². The van der Waals surface area contributed by atoms with Crippen LogP contribution in [0.4, 0.5) is 0 Å². The lowest BCUT2D eigenvalue weighted by atomic mass is 10.1. The van der Waals surface area contributed by atoms with Crippen molar-refractivity contribution in [3.05, 3.63) is 59.7 Å². The fraction of sp³-hybridized carbons (Fsp3) is 0.435. The van der Waals surface area contributed by atoms with Crippen molar-refractivity contribution in [2.75, 3.05) is 26.7 Å². The van der Waals surface area contributed by atoms with Crippen LogP contribution in [0.1, 0.15) is 36.8 Å². The van der Waals surface area contributed by atoms with Crippen LogP contribution in [0.2, 0.25) is 0 Å². The Kier molecular flexibility index (Phi) is 7.87. The maximum Gasteiger partial charge on any atom is 0.243 e. The second kappa shape index (κ2) is 10.6. The summed E-state index contributed by atoms with van der Waals surface area (Å²) in [6.45, 7) is 1.75. The molecule has 30 heavy (non-hydrogen) atoms. The summed E-state index contributed by atoms with van der Waals surface area (Å²) in [5.41, 5.74) is 1.99. The van der Waals surface area contributed by atoms with Crippen molar-refractivity contribution in [2.45, 2.75) is 43.4 Å². The summed E-state index contributed by atoms with van der Waals surface area (Å²) < 4.78 is 32.5. The molecule has 0 bridgehead atoms. The van der Waals surface area contributed by atoms with Gasteiger partial charge in [0.25, 0.3) is 0 Å². The van der Waals surface area contributed by atoms with Gasteiger partial charge in [-0.2, -0.15) is 4.31 Å². The van der Waals surface area contributed by atoms with Gasteiger partial charge in [-0.25, -0.2) is 8.42 Å². The molecule has 0 aromatic heterocycles. The molecule has 0 atom stereocenters. The van der Waals surface area contributed by atoms with Crippen LogP contribution in [0, 0.1) is 0 Å². The third kappa shape index (κ3) is 5.83. The minimum absolute atomic E-state index is 0.0436. The molecule has 0 unspecified atom stereocenters. The van der Waals surface area contributed by atoms with E-state index >= 15 is 0 Å². The van der Waals surface area contributed by atoms with Crippen molar-refractivity contribution in [3.8, 4) is 5.75 Å². The number of benzene rings is 2. The van der Waals surface area contributed by atoms with Gasteiger partial charge >= 0.3 is 0 Å². The van der Waals surface area contributed by atoms with Crippen molar-refractivity contribution in [1.29, 1.82) is 0 Å². The molecule has 2 aromatic carbocycles. The van der Waals surface area contributed by atoms with Crippen LogP contribution in [0.25, 0.3) is 0 Å². The Labute approximate surface area is 179 Å². The van der Waals surface area contributed by atoms with Gasteiger partial charge in [-0.1, -0.05) is 30.3 Å². The molecule has 1 amide bonds. The zero-order valence-electron chi connectivity index (χ0n) is 17.5. The Balaban J connectivity index is 1.54. The quantitative estimate of drug-likeness (QED) is 0.588. The summed E-state index contributed by atoms with van der Waals surface area (Å²) in [6, 6.07) is 15.1. The van der Waals surface area contributed by atoms with E-state index in [4.69, 9.17) is 4.74 Å². The number of methoxy groups -OCH3 is 1. The van der Waals surface area contributed by atoms with E-state index < -0.39 is 10.0 Å². The highest BCUT2D eigenvalue weighted by Gasteiger charge is 2.27. The highest BCUT2D eigenvalue weighted by atomic mass is 32.2. The SMILES string of the molecule is COc1ccc(S(=O)(=O)N2CCCC2)cc1CCC(=O)NCCCc1ccccc1. The Bertz CT molecular complexity index is 939. The maximum atomic E-state index is 12.8. The molecule has 0 spiro atoms. The fourth-order valence-corrected chi connectivity index (χ4v) is 5.26. The maximum absolute atomic E-state index is 12.8. The number of sulfonamides is 1. The zero-order valence-corrected chi connectivity index (χ0v) is 18.3. The molecule has 3 rings (SSSR count). The first-order valence-electron chi connectivity index (χ1n) is 10.5. The Hall–Kier alpha value is -2.38. The smallest absolute Gasteiger partial charge is 0.243 e. The van der Waals surface area contributed by atoms with Gasteiger partial charge in [0, 0.05) is 26.1 Å². The number of aryl methyl sites for hydroxylation is 2. The molecule has 1 N–H and O–H groups in total. The summed E-state index contributed by atoms with van der Waals surface area (Å²) in [6.07, 6.45) is 4.30. The molecule has 1 heterocycles. The van der Waals surface area contributed by atoms with Crippen LogP contribution in [-0.2, 0) is 27.7 Å². The molecule has 162 valence electrons. The standard InChI is InChI=1S/C23H30N2O4S/c1-29-22-13-12-21(30(27,28)25-16-5-6-17-25)18-20(22)11-14-23(26)24-15-7-10-19-8-3-2-4-9-19/h2-4,8-9,12-13,18H,5-7,10-11,14-17H2,1H3,(H,24,26). The fourth-order valence-electron chi connectivity index (χ4n) is 3.69. The molecule has 2 aromatic rings. The average molecular weight is 431 g/mol. The van der Waals surface area contributed by atoms with Gasteiger partial charge in [0.1, 0.15) is 5.75 Å². The number of carbonyl (C=O) groups is 1. The number of nitrogens with zero attached hydrogens (tertiary/aromatic N) is 1. The largest absolute Gasteiger partial charge is 0.496 e. The van der Waals surface area contributed by atoms with E-state index in [0.29, 0.717) is 31.8 Å². The number of rotatable bonds is 10. The van der Waals surface area contributed by atoms with Crippen molar-refractivity contribution in [2.24, 2.45) is 0 Å². The van der Waals surface area contributed by atoms with Crippen molar-refractivity contribution < 1.29 is 17.9 Å². The molecule has 1 aliphatic rings. The first-order valence-corrected chi connectivity index (χ1v) is 11.9. The van der Waals surface area contributed by atoms with Crippen LogP contribution < -0.4 is 10.1 Å². The lowest BCUT2D eigenvalue weighted by Crippen LogP contribution is -2.28. The number of amides is 1. The third-order valence-electron chi connectivity index (χ3n) is 5.38. The summed E-state index contributed by atoms with van der Waals surface area (Å²) in [4.78, 5) is 12.5. The lowest BCUT2D eigenvalue weighted by molar-refractivity contribution is -0.121. The number of ether oxygens (including phenoxy) is 1. The summed E-state index contributed by atoms with van der Waals surface area (Å²) >= 11 is 0. The van der Waals surface area contributed by atoms with E-state index in [0.717, 1.165) is 31.2 Å². The van der Waals surface area contributed by atoms with E-state index in [9.17, 15) is 13.2 Å². The number of hydrogen-bond acceptors (Lipinski definition) is 4. The molecule has 1 saturated heterocycles. The molecule has 0 radical (unpaired) electrons. The minimum Gasteiger partial charge on any atom is -0.496 e. The number of nitrogens with one attached hydrogen (secondary N) is 1. The number of carbonyl (C=O) groups excluding carboxylic acids is 1. The third-order valence-corrected chi connectivity index (χ3v) is 7.28. The number of hydrogen-bond donors (Lipinski definition) is 1. The zero-order chi connectivity index (χ0) is 21.4. The van der Waals surface area contributed by atoms with E-state index in [-0.39, 0.29) is 17.2 Å². The monoisotopic (exact) mass is 430 g/mol. The summed E-state index contributed by atoms with van der Waals surface area (Å²) in [5, 5.41) is 2.94. The first-order chi connectivity index (χ1) is 14.5. The van der Waals surface area contributed by atoms with E-state index in [1.807, 2.05) is 18.2 Å². The second-order valence-corrected chi connectivity index (χ2v) is 9.46. The van der Waals surface area contributed by atoms with Gasteiger partial charge in [-0.05, 0) is 61.4 Å². The van der Waals surface area contributed by atoms with E-state index in [1.54, 1.807) is 25.3 Å². The molecule has 0 saturated carbocycles. The second-order valence-electron chi connectivity index (χ2n) is 7.52. The van der Waals surface area contributed by atoms with Gasteiger partial charge < -0.3 is 10.1 Å². The van der Waals surface area contributed by atoms with Gasteiger partial charge in [-0.3, -0.25) is 4.79 Å².